The molecule has 0 aliphatic carbocycles. The number of carbonyl (C=O) groups is 1. The molecule has 1 atom stereocenters. The van der Waals surface area contributed by atoms with Crippen molar-refractivity contribution in [2.45, 2.75) is 12.5 Å². The van der Waals surface area contributed by atoms with E-state index in [1.165, 1.54) is 0 Å². The quantitative estimate of drug-likeness (QED) is 0.763. The number of aliphatic carboxylic acids is 1. The lowest BCUT2D eigenvalue weighted by Gasteiger charge is -2.24. The molecule has 0 fully saturated rings. The molecule has 0 spiro atoms. The second-order valence-corrected chi connectivity index (χ2v) is 5.79. The number of hydrogen-bond donors (Lipinski definition) is 2. The smallest absolute Gasteiger partial charge is 0.328 e. The Morgan fingerprint density at radius 1 is 1.26 bits per heavy atom. The molecule has 23 heavy (non-hydrogen) atoms. The van der Waals surface area contributed by atoms with Gasteiger partial charge in [0.2, 0.25) is 5.89 Å². The molecular formula is C17H15ClN2O3. The largest absolute Gasteiger partial charge is 0.480 e. The average molecular weight is 331 g/mol. The fraction of sp³-hybridized carbons (Fsp3) is 0.176. The first-order valence-electron chi connectivity index (χ1n) is 7.04. The molecule has 0 saturated carbocycles. The maximum absolute atomic E-state index is 11.7. The normalized spacial score (nSPS) is 13.9. The monoisotopic (exact) mass is 330 g/mol. The van der Waals surface area contributed by atoms with E-state index >= 15 is 0 Å². The molecule has 0 aliphatic heterocycles. The lowest BCUT2D eigenvalue weighted by atomic mass is 9.91. The molecule has 2 aromatic carbocycles. The summed E-state index contributed by atoms with van der Waals surface area (Å²) >= 11 is 5.89. The molecule has 5 nitrogen and oxygen atoms in total. The number of benzene rings is 2. The van der Waals surface area contributed by atoms with Crippen LogP contribution in [0.3, 0.4) is 0 Å². The molecule has 3 rings (SSSR count). The fourth-order valence-electron chi connectivity index (χ4n) is 2.42. The zero-order chi connectivity index (χ0) is 16.6. The number of fused-ring (bicyclic) bond motifs is 1. The van der Waals surface area contributed by atoms with Crippen LogP contribution in [0.15, 0.2) is 46.9 Å². The number of nitrogens with zero attached hydrogens (tertiary/aromatic N) is 1. The topological polar surface area (TPSA) is 75.4 Å². The number of aromatic nitrogens is 1. The minimum Gasteiger partial charge on any atom is -0.480 e. The van der Waals surface area contributed by atoms with Crippen LogP contribution in [-0.4, -0.2) is 23.1 Å². The predicted molar refractivity (Wildman–Crippen MR) is 88.5 cm³/mol. The number of nitrogens with one attached hydrogen (secondary N) is 1. The van der Waals surface area contributed by atoms with Gasteiger partial charge in [-0.15, -0.1) is 0 Å². The van der Waals surface area contributed by atoms with E-state index in [9.17, 15) is 9.90 Å². The van der Waals surface area contributed by atoms with Gasteiger partial charge in [0.05, 0.1) is 0 Å². The fourth-order valence-corrected chi connectivity index (χ4v) is 2.55. The molecule has 0 radical (unpaired) electrons. The van der Waals surface area contributed by atoms with Crippen LogP contribution in [-0.2, 0) is 10.3 Å². The summed E-state index contributed by atoms with van der Waals surface area (Å²) in [6.45, 7) is 1.60. The number of carboxylic acids is 1. The Balaban J connectivity index is 2.19. The van der Waals surface area contributed by atoms with Gasteiger partial charge in [0.15, 0.2) is 5.58 Å². The number of halogens is 1. The highest BCUT2D eigenvalue weighted by molar-refractivity contribution is 6.30. The molecule has 2 N–H and O–H groups in total. The highest BCUT2D eigenvalue weighted by Gasteiger charge is 2.36. The zero-order valence-electron chi connectivity index (χ0n) is 12.6. The number of para-hydroxylation sites is 1. The van der Waals surface area contributed by atoms with Gasteiger partial charge in [0.25, 0.3) is 0 Å². The molecule has 1 heterocycles. The van der Waals surface area contributed by atoms with E-state index in [1.807, 2.05) is 0 Å². The van der Waals surface area contributed by atoms with Gasteiger partial charge < -0.3 is 14.8 Å². The Hall–Kier alpha value is -2.37. The van der Waals surface area contributed by atoms with Crippen molar-refractivity contribution in [3.8, 4) is 11.5 Å². The van der Waals surface area contributed by atoms with Gasteiger partial charge in [-0.05, 0) is 44.3 Å². The maximum atomic E-state index is 11.7. The first-order chi connectivity index (χ1) is 11.0. The summed E-state index contributed by atoms with van der Waals surface area (Å²) in [4.78, 5) is 16.2. The van der Waals surface area contributed by atoms with Crippen LogP contribution in [0.4, 0.5) is 0 Å². The minimum atomic E-state index is -1.26. The highest BCUT2D eigenvalue weighted by Crippen LogP contribution is 2.32. The van der Waals surface area contributed by atoms with Crippen LogP contribution >= 0.6 is 11.6 Å². The van der Waals surface area contributed by atoms with Crippen LogP contribution in [0.2, 0.25) is 5.02 Å². The Bertz CT molecular complexity index is 873. The SMILES string of the molecule is CNC(C)(C(=O)O)c1cccc2oc(-c3ccc(Cl)cc3)nc12. The molecule has 1 unspecified atom stereocenters. The summed E-state index contributed by atoms with van der Waals surface area (Å²) in [7, 11) is 1.60. The molecule has 3 aromatic rings. The second kappa shape index (κ2) is 5.68. The van der Waals surface area contributed by atoms with Gasteiger partial charge in [-0.1, -0.05) is 23.7 Å². The van der Waals surface area contributed by atoms with E-state index < -0.39 is 11.5 Å². The van der Waals surface area contributed by atoms with Crippen molar-refractivity contribution < 1.29 is 14.3 Å². The van der Waals surface area contributed by atoms with E-state index in [0.29, 0.717) is 27.6 Å². The summed E-state index contributed by atoms with van der Waals surface area (Å²) in [6, 6.07) is 12.4. The molecule has 0 amide bonds. The third-order valence-electron chi connectivity index (χ3n) is 3.98. The van der Waals surface area contributed by atoms with Gasteiger partial charge in [-0.2, -0.15) is 0 Å². The van der Waals surface area contributed by atoms with Crippen LogP contribution in [0.25, 0.3) is 22.6 Å². The van der Waals surface area contributed by atoms with Crippen molar-refractivity contribution in [2.24, 2.45) is 0 Å². The van der Waals surface area contributed by atoms with Gasteiger partial charge >= 0.3 is 5.97 Å². The van der Waals surface area contributed by atoms with Crippen molar-refractivity contribution in [2.75, 3.05) is 7.05 Å². The third-order valence-corrected chi connectivity index (χ3v) is 4.23. The number of rotatable bonds is 4. The minimum absolute atomic E-state index is 0.424. The summed E-state index contributed by atoms with van der Waals surface area (Å²) in [5.41, 5.74) is 1.13. The molecule has 0 bridgehead atoms. The van der Waals surface area contributed by atoms with E-state index in [1.54, 1.807) is 56.4 Å². The Kier molecular flexibility index (Phi) is 3.83. The van der Waals surface area contributed by atoms with E-state index in [0.717, 1.165) is 5.56 Å². The van der Waals surface area contributed by atoms with Crippen molar-refractivity contribution in [1.29, 1.82) is 0 Å². The van der Waals surface area contributed by atoms with E-state index in [2.05, 4.69) is 10.3 Å². The summed E-state index contributed by atoms with van der Waals surface area (Å²) in [5, 5.41) is 13.0. The second-order valence-electron chi connectivity index (χ2n) is 5.36. The lowest BCUT2D eigenvalue weighted by Crippen LogP contribution is -2.44. The van der Waals surface area contributed by atoms with Crippen molar-refractivity contribution >= 4 is 28.7 Å². The lowest BCUT2D eigenvalue weighted by molar-refractivity contribution is -0.144. The molecule has 6 heteroatoms. The number of hydrogen-bond acceptors (Lipinski definition) is 4. The molecular weight excluding hydrogens is 316 g/mol. The van der Waals surface area contributed by atoms with Crippen molar-refractivity contribution in [3.63, 3.8) is 0 Å². The number of carboxylic acid groups (broad SMARTS) is 1. The number of oxazole rings is 1. The highest BCUT2D eigenvalue weighted by atomic mass is 35.5. The third kappa shape index (κ3) is 2.58. The predicted octanol–water partition coefficient (Wildman–Crippen LogP) is 3.67. The standard InChI is InChI=1S/C17H15ClN2O3/c1-17(19-2,16(21)22)12-4-3-5-13-14(12)20-15(23-13)10-6-8-11(18)9-7-10/h3-9,19H,1-2H3,(H,21,22). The van der Waals surface area contributed by atoms with Crippen LogP contribution in [0, 0.1) is 0 Å². The average Bonchev–Trinajstić information content (AvgIpc) is 2.98. The summed E-state index contributed by atoms with van der Waals surface area (Å²) in [6.07, 6.45) is 0. The van der Waals surface area contributed by atoms with Gasteiger partial charge in [-0.25, -0.2) is 9.78 Å². The maximum Gasteiger partial charge on any atom is 0.328 e. The molecule has 1 aromatic heterocycles. The Labute approximate surface area is 137 Å². The van der Waals surface area contributed by atoms with Gasteiger partial charge in [-0.3, -0.25) is 0 Å². The van der Waals surface area contributed by atoms with Gasteiger partial charge in [0, 0.05) is 16.1 Å². The summed E-state index contributed by atoms with van der Waals surface area (Å²) in [5.74, 6) is -0.559. The van der Waals surface area contributed by atoms with Crippen molar-refractivity contribution in [3.05, 3.63) is 53.1 Å². The molecule has 118 valence electrons. The Morgan fingerprint density at radius 3 is 2.57 bits per heavy atom. The van der Waals surface area contributed by atoms with Crippen LogP contribution in [0.5, 0.6) is 0 Å². The van der Waals surface area contributed by atoms with Crippen LogP contribution in [0.1, 0.15) is 12.5 Å². The first kappa shape index (κ1) is 15.5. The zero-order valence-corrected chi connectivity index (χ0v) is 13.4. The van der Waals surface area contributed by atoms with Crippen LogP contribution < -0.4 is 5.32 Å². The Morgan fingerprint density at radius 2 is 1.96 bits per heavy atom. The summed E-state index contributed by atoms with van der Waals surface area (Å²) < 4.78 is 5.78. The number of likely N-dealkylation sites (N-methyl/N-ethyl adjacent to an activating group) is 1. The van der Waals surface area contributed by atoms with Gasteiger partial charge in [0.1, 0.15) is 11.1 Å². The van der Waals surface area contributed by atoms with E-state index in [4.69, 9.17) is 16.0 Å². The molecule has 0 aliphatic rings. The van der Waals surface area contributed by atoms with E-state index in [-0.39, 0.29) is 0 Å². The molecule has 0 saturated heterocycles. The first-order valence-corrected chi connectivity index (χ1v) is 7.42. The van der Waals surface area contributed by atoms with Crippen molar-refractivity contribution in [1.82, 2.24) is 10.3 Å².